The fourth-order valence-corrected chi connectivity index (χ4v) is 5.00. The van der Waals surface area contributed by atoms with Gasteiger partial charge in [0.2, 0.25) is 5.91 Å². The monoisotopic (exact) mass is 546 g/mol. The molecule has 1 amide bonds. The molecule has 2 aromatic heterocycles. The van der Waals surface area contributed by atoms with Crippen LogP contribution in [0.1, 0.15) is 12.5 Å². The fraction of sp³-hybridized carbons (Fsp3) is 0.0833. The zero-order valence-electron chi connectivity index (χ0n) is 17.7. The molecule has 0 aliphatic rings. The Balaban J connectivity index is 1.43. The van der Waals surface area contributed by atoms with Crippen molar-refractivity contribution in [2.24, 2.45) is 4.99 Å². The number of thioether (sulfide) groups is 1. The lowest BCUT2D eigenvalue weighted by molar-refractivity contribution is -0.115. The lowest BCUT2D eigenvalue weighted by Gasteiger charge is -2.12. The van der Waals surface area contributed by atoms with Gasteiger partial charge in [-0.15, -0.1) is 23.1 Å². The van der Waals surface area contributed by atoms with Gasteiger partial charge in [-0.2, -0.15) is 0 Å². The predicted molar refractivity (Wildman–Crippen MR) is 144 cm³/mol. The molecule has 1 atom stereocenters. The van der Waals surface area contributed by atoms with E-state index in [2.05, 4.69) is 20.3 Å². The number of pyridine rings is 1. The Morgan fingerprint density at radius 3 is 2.74 bits per heavy atom. The molecule has 0 fully saturated rings. The van der Waals surface area contributed by atoms with Gasteiger partial charge >= 0.3 is 0 Å². The molecule has 4 aromatic rings. The largest absolute Gasteiger partial charge is 0.301 e. The van der Waals surface area contributed by atoms with Crippen LogP contribution < -0.4 is 5.32 Å². The van der Waals surface area contributed by atoms with Gasteiger partial charge in [0.25, 0.3) is 0 Å². The first-order valence-electron chi connectivity index (χ1n) is 10.0. The van der Waals surface area contributed by atoms with Crippen molar-refractivity contribution in [1.82, 2.24) is 9.97 Å². The number of benzene rings is 2. The molecule has 0 aliphatic carbocycles. The Hall–Kier alpha value is -2.42. The standard InChI is InChI=1S/C24H17Cl3N4OS2/c1-14(23(32)31-24-30-20(13-33-24)15-8-9-17(25)18(26)11-15)34-21-7-3-2-6-19(21)29-12-16-5-4-10-28-22(16)27/h2-14H,1H3,(H,30,31,32). The average Bonchev–Trinajstić information content (AvgIpc) is 3.29. The van der Waals surface area contributed by atoms with Gasteiger partial charge in [0.15, 0.2) is 5.13 Å². The van der Waals surface area contributed by atoms with E-state index in [-0.39, 0.29) is 11.2 Å². The summed E-state index contributed by atoms with van der Waals surface area (Å²) < 4.78 is 0. The Bertz CT molecular complexity index is 1360. The summed E-state index contributed by atoms with van der Waals surface area (Å²) >= 11 is 21.0. The maximum Gasteiger partial charge on any atom is 0.239 e. The van der Waals surface area contributed by atoms with Gasteiger partial charge in [0.05, 0.1) is 26.7 Å². The topological polar surface area (TPSA) is 67.2 Å². The molecular formula is C24H17Cl3N4OS2. The van der Waals surface area contributed by atoms with Gasteiger partial charge in [-0.25, -0.2) is 9.97 Å². The second-order valence-electron chi connectivity index (χ2n) is 7.03. The molecule has 2 heterocycles. The normalized spacial score (nSPS) is 12.1. The van der Waals surface area contributed by atoms with Crippen LogP contribution in [-0.2, 0) is 4.79 Å². The number of hydrogen-bond acceptors (Lipinski definition) is 6. The minimum atomic E-state index is -0.379. The Kier molecular flexibility index (Phi) is 8.24. The summed E-state index contributed by atoms with van der Waals surface area (Å²) in [5, 5.41) is 6.20. The van der Waals surface area contributed by atoms with E-state index in [9.17, 15) is 4.79 Å². The van der Waals surface area contributed by atoms with E-state index in [1.165, 1.54) is 23.1 Å². The minimum Gasteiger partial charge on any atom is -0.301 e. The van der Waals surface area contributed by atoms with Gasteiger partial charge < -0.3 is 5.32 Å². The number of rotatable bonds is 7. The van der Waals surface area contributed by atoms with E-state index < -0.39 is 0 Å². The third kappa shape index (κ3) is 6.17. The molecule has 4 rings (SSSR count). The third-order valence-electron chi connectivity index (χ3n) is 4.62. The summed E-state index contributed by atoms with van der Waals surface area (Å²) in [7, 11) is 0. The van der Waals surface area contributed by atoms with Crippen molar-refractivity contribution in [3.05, 3.63) is 86.9 Å². The first kappa shape index (κ1) is 24.7. The number of amides is 1. The number of aromatic nitrogens is 2. The number of nitrogens with zero attached hydrogens (tertiary/aromatic N) is 3. The summed E-state index contributed by atoms with van der Waals surface area (Å²) in [4.78, 5) is 26.8. The zero-order valence-corrected chi connectivity index (χ0v) is 21.6. The molecule has 0 radical (unpaired) electrons. The molecule has 172 valence electrons. The molecule has 1 unspecified atom stereocenters. The number of carbonyl (C=O) groups is 1. The van der Waals surface area contributed by atoms with Crippen molar-refractivity contribution in [2.75, 3.05) is 5.32 Å². The molecule has 0 saturated heterocycles. The molecule has 0 saturated carbocycles. The van der Waals surface area contributed by atoms with E-state index >= 15 is 0 Å². The molecule has 0 spiro atoms. The van der Waals surface area contributed by atoms with Crippen LogP contribution in [0.15, 0.2) is 76.1 Å². The molecule has 2 aromatic carbocycles. The number of aliphatic imine (C=N–C) groups is 1. The molecule has 34 heavy (non-hydrogen) atoms. The van der Waals surface area contributed by atoms with E-state index in [1.54, 1.807) is 30.6 Å². The van der Waals surface area contributed by atoms with Crippen LogP contribution in [0.3, 0.4) is 0 Å². The van der Waals surface area contributed by atoms with Crippen LogP contribution in [-0.4, -0.2) is 27.3 Å². The van der Waals surface area contributed by atoms with Crippen LogP contribution in [0.5, 0.6) is 0 Å². The molecular weight excluding hydrogens is 531 g/mol. The highest BCUT2D eigenvalue weighted by molar-refractivity contribution is 8.00. The Morgan fingerprint density at radius 1 is 1.12 bits per heavy atom. The van der Waals surface area contributed by atoms with Crippen LogP contribution in [0.25, 0.3) is 11.3 Å². The van der Waals surface area contributed by atoms with Crippen LogP contribution in [0.2, 0.25) is 15.2 Å². The lowest BCUT2D eigenvalue weighted by Crippen LogP contribution is -2.22. The van der Waals surface area contributed by atoms with E-state index in [4.69, 9.17) is 34.8 Å². The first-order chi connectivity index (χ1) is 16.4. The van der Waals surface area contributed by atoms with Gasteiger partial charge in [-0.3, -0.25) is 9.79 Å². The van der Waals surface area contributed by atoms with Crippen molar-refractivity contribution in [2.45, 2.75) is 17.1 Å². The summed E-state index contributed by atoms with van der Waals surface area (Å²) in [6.45, 7) is 1.84. The second-order valence-corrected chi connectivity index (χ2v) is 10.4. The third-order valence-corrected chi connectivity index (χ3v) is 7.60. The first-order valence-corrected chi connectivity index (χ1v) is 12.9. The number of carbonyl (C=O) groups excluding carboxylic acids is 1. The molecule has 1 N–H and O–H groups in total. The number of nitrogens with one attached hydrogen (secondary N) is 1. The SMILES string of the molecule is CC(Sc1ccccc1N=Cc1cccnc1Cl)C(=O)Nc1nc(-c2ccc(Cl)c(Cl)c2)cs1. The number of anilines is 1. The molecule has 0 aliphatic heterocycles. The van der Waals surface area contributed by atoms with Crippen LogP contribution >= 0.6 is 57.9 Å². The summed E-state index contributed by atoms with van der Waals surface area (Å²) in [6.07, 6.45) is 3.29. The predicted octanol–water partition coefficient (Wildman–Crippen LogP) is 8.04. The van der Waals surface area contributed by atoms with Crippen molar-refractivity contribution in [1.29, 1.82) is 0 Å². The van der Waals surface area contributed by atoms with Crippen molar-refractivity contribution in [3.63, 3.8) is 0 Å². The highest BCUT2D eigenvalue weighted by Gasteiger charge is 2.18. The van der Waals surface area contributed by atoms with E-state index in [0.29, 0.717) is 26.0 Å². The maximum absolute atomic E-state index is 12.8. The highest BCUT2D eigenvalue weighted by atomic mass is 35.5. The number of thiazole rings is 1. The van der Waals surface area contributed by atoms with Gasteiger partial charge in [-0.05, 0) is 43.3 Å². The molecule has 0 bridgehead atoms. The molecule has 10 heteroatoms. The van der Waals surface area contributed by atoms with Crippen LogP contribution in [0, 0.1) is 0 Å². The number of para-hydroxylation sites is 1. The number of hydrogen-bond donors (Lipinski definition) is 1. The van der Waals surface area contributed by atoms with Crippen LogP contribution in [0.4, 0.5) is 10.8 Å². The summed E-state index contributed by atoms with van der Waals surface area (Å²) in [5.74, 6) is -0.158. The van der Waals surface area contributed by atoms with E-state index in [1.807, 2.05) is 48.7 Å². The second kappa shape index (κ2) is 11.3. The van der Waals surface area contributed by atoms with E-state index in [0.717, 1.165) is 21.7 Å². The summed E-state index contributed by atoms with van der Waals surface area (Å²) in [5.41, 5.74) is 3.00. The highest BCUT2D eigenvalue weighted by Crippen LogP contribution is 2.34. The number of halogens is 3. The Morgan fingerprint density at radius 2 is 1.94 bits per heavy atom. The lowest BCUT2D eigenvalue weighted by atomic mass is 10.2. The quantitative estimate of drug-likeness (QED) is 0.144. The zero-order chi connectivity index (χ0) is 24.1. The van der Waals surface area contributed by atoms with Gasteiger partial charge in [0, 0.05) is 33.8 Å². The summed E-state index contributed by atoms with van der Waals surface area (Å²) in [6, 6.07) is 16.6. The maximum atomic E-state index is 12.8. The van der Waals surface area contributed by atoms with Gasteiger partial charge in [0.1, 0.15) is 5.15 Å². The Labute approximate surface area is 220 Å². The van der Waals surface area contributed by atoms with Crippen molar-refractivity contribution in [3.8, 4) is 11.3 Å². The van der Waals surface area contributed by atoms with Gasteiger partial charge in [-0.1, -0.05) is 53.0 Å². The minimum absolute atomic E-state index is 0.158. The molecule has 5 nitrogen and oxygen atoms in total. The fourth-order valence-electron chi connectivity index (χ4n) is 2.87. The van der Waals surface area contributed by atoms with Crippen molar-refractivity contribution >= 4 is 80.8 Å². The average molecular weight is 548 g/mol. The smallest absolute Gasteiger partial charge is 0.239 e. The van der Waals surface area contributed by atoms with Crippen molar-refractivity contribution < 1.29 is 4.79 Å².